The van der Waals surface area contributed by atoms with Gasteiger partial charge in [0.25, 0.3) is 5.69 Å². The molecule has 0 amide bonds. The van der Waals surface area contributed by atoms with Crippen LogP contribution in [0.1, 0.15) is 49.4 Å². The zero-order chi connectivity index (χ0) is 17.0. The van der Waals surface area contributed by atoms with E-state index in [2.05, 4.69) is 36.3 Å². The second kappa shape index (κ2) is 6.88. The van der Waals surface area contributed by atoms with Crippen molar-refractivity contribution in [2.75, 3.05) is 5.32 Å². The first kappa shape index (κ1) is 16.4. The molecule has 0 saturated heterocycles. The van der Waals surface area contributed by atoms with E-state index in [4.69, 9.17) is 5.26 Å². The predicted molar refractivity (Wildman–Crippen MR) is 88.2 cm³/mol. The van der Waals surface area contributed by atoms with Crippen molar-refractivity contribution in [2.45, 2.75) is 32.7 Å². The first-order valence-electron chi connectivity index (χ1n) is 7.33. The van der Waals surface area contributed by atoms with Gasteiger partial charge >= 0.3 is 0 Å². The topological polar surface area (TPSA) is 91.8 Å². The second-order valence-electron chi connectivity index (χ2n) is 5.65. The number of nitrogens with one attached hydrogen (secondary N) is 1. The molecule has 0 aliphatic carbocycles. The number of nitriles is 1. The molecule has 1 atom stereocenters. The molecule has 1 aromatic heterocycles. The fourth-order valence-corrected chi connectivity index (χ4v) is 2.21. The molecular formula is C17H18N4O2. The molecule has 23 heavy (non-hydrogen) atoms. The molecule has 2 rings (SSSR count). The summed E-state index contributed by atoms with van der Waals surface area (Å²) >= 11 is 0. The molecule has 0 aliphatic rings. The van der Waals surface area contributed by atoms with E-state index in [-0.39, 0.29) is 17.3 Å². The molecule has 0 spiro atoms. The van der Waals surface area contributed by atoms with E-state index in [1.807, 2.05) is 25.1 Å². The van der Waals surface area contributed by atoms with Crippen LogP contribution in [0.25, 0.3) is 0 Å². The van der Waals surface area contributed by atoms with Crippen LogP contribution in [0.4, 0.5) is 11.5 Å². The van der Waals surface area contributed by atoms with E-state index in [1.54, 1.807) is 0 Å². The number of anilines is 1. The van der Waals surface area contributed by atoms with Crippen molar-refractivity contribution in [1.82, 2.24) is 4.98 Å². The van der Waals surface area contributed by atoms with Gasteiger partial charge in [-0.25, -0.2) is 4.98 Å². The third-order valence-corrected chi connectivity index (χ3v) is 3.66. The van der Waals surface area contributed by atoms with Gasteiger partial charge in [0, 0.05) is 12.1 Å². The second-order valence-corrected chi connectivity index (χ2v) is 5.65. The van der Waals surface area contributed by atoms with Gasteiger partial charge in [-0.2, -0.15) is 5.26 Å². The highest BCUT2D eigenvalue weighted by Crippen LogP contribution is 2.24. The van der Waals surface area contributed by atoms with Crippen molar-refractivity contribution < 1.29 is 4.92 Å². The molecule has 0 bridgehead atoms. The first-order chi connectivity index (χ1) is 10.9. The molecular weight excluding hydrogens is 292 g/mol. The Balaban J connectivity index is 2.21. The number of aromatic nitrogens is 1. The van der Waals surface area contributed by atoms with Gasteiger partial charge in [-0.05, 0) is 24.0 Å². The van der Waals surface area contributed by atoms with Crippen LogP contribution >= 0.6 is 0 Å². The fourth-order valence-electron chi connectivity index (χ4n) is 2.21. The van der Waals surface area contributed by atoms with Crippen LogP contribution in [-0.2, 0) is 0 Å². The largest absolute Gasteiger partial charge is 0.362 e. The van der Waals surface area contributed by atoms with Gasteiger partial charge in [0.15, 0.2) is 0 Å². The Kier molecular flexibility index (Phi) is 4.91. The van der Waals surface area contributed by atoms with Gasteiger partial charge in [0.1, 0.15) is 23.6 Å². The van der Waals surface area contributed by atoms with Gasteiger partial charge in [-0.1, -0.05) is 38.1 Å². The molecule has 0 aliphatic heterocycles. The number of pyridine rings is 1. The summed E-state index contributed by atoms with van der Waals surface area (Å²) in [5.41, 5.74) is 2.27. The third kappa shape index (κ3) is 3.83. The Morgan fingerprint density at radius 1 is 1.22 bits per heavy atom. The number of rotatable bonds is 5. The standard InChI is InChI=1S/C17H18N4O2/c1-11(2)13-4-6-14(7-5-13)12(3)20-17-15(9-18)8-16(10-19-17)21(22)23/h4-8,10-12H,1-3H3,(H,19,20). The van der Waals surface area contributed by atoms with Crippen molar-refractivity contribution >= 4 is 11.5 Å². The van der Waals surface area contributed by atoms with E-state index < -0.39 is 4.92 Å². The minimum atomic E-state index is -0.564. The van der Waals surface area contributed by atoms with E-state index >= 15 is 0 Å². The van der Waals surface area contributed by atoms with Crippen LogP contribution in [0.15, 0.2) is 36.5 Å². The van der Waals surface area contributed by atoms with Crippen LogP contribution < -0.4 is 5.32 Å². The smallest absolute Gasteiger partial charge is 0.289 e. The SMILES string of the molecule is CC(C)c1ccc(C(C)Nc2ncc([N+](=O)[O-])cc2C#N)cc1. The summed E-state index contributed by atoms with van der Waals surface area (Å²) in [6.07, 6.45) is 1.15. The minimum absolute atomic E-state index is 0.0720. The van der Waals surface area contributed by atoms with Crippen LogP contribution in [0, 0.1) is 21.4 Å². The quantitative estimate of drug-likeness (QED) is 0.661. The number of nitro groups is 1. The first-order valence-corrected chi connectivity index (χ1v) is 7.33. The maximum Gasteiger partial charge on any atom is 0.289 e. The lowest BCUT2D eigenvalue weighted by molar-refractivity contribution is -0.385. The summed E-state index contributed by atoms with van der Waals surface area (Å²) in [6.45, 7) is 6.22. The third-order valence-electron chi connectivity index (χ3n) is 3.66. The molecule has 6 nitrogen and oxygen atoms in total. The fraction of sp³-hybridized carbons (Fsp3) is 0.294. The van der Waals surface area contributed by atoms with Gasteiger partial charge in [0.05, 0.1) is 4.92 Å². The maximum atomic E-state index is 10.7. The van der Waals surface area contributed by atoms with Crippen LogP contribution in [0.2, 0.25) is 0 Å². The zero-order valence-corrected chi connectivity index (χ0v) is 13.3. The predicted octanol–water partition coefficient (Wildman–Crippen LogP) is 4.16. The molecule has 118 valence electrons. The Morgan fingerprint density at radius 3 is 2.35 bits per heavy atom. The minimum Gasteiger partial charge on any atom is -0.362 e. The molecule has 0 fully saturated rings. The Hall–Kier alpha value is -2.94. The molecule has 6 heteroatoms. The highest BCUT2D eigenvalue weighted by Gasteiger charge is 2.14. The summed E-state index contributed by atoms with van der Waals surface area (Å²) in [5, 5.41) is 23.0. The van der Waals surface area contributed by atoms with Crippen LogP contribution in [0.3, 0.4) is 0 Å². The maximum absolute atomic E-state index is 10.7. The highest BCUT2D eigenvalue weighted by molar-refractivity contribution is 5.56. The van der Waals surface area contributed by atoms with E-state index in [0.717, 1.165) is 11.8 Å². The molecule has 1 N–H and O–H groups in total. The van der Waals surface area contributed by atoms with Crippen molar-refractivity contribution in [3.05, 3.63) is 63.3 Å². The summed E-state index contributed by atoms with van der Waals surface area (Å²) in [7, 11) is 0. The monoisotopic (exact) mass is 310 g/mol. The van der Waals surface area contributed by atoms with Crippen molar-refractivity contribution in [1.29, 1.82) is 5.26 Å². The van der Waals surface area contributed by atoms with Crippen molar-refractivity contribution in [3.8, 4) is 6.07 Å². The lowest BCUT2D eigenvalue weighted by Gasteiger charge is -2.16. The number of benzene rings is 1. The van der Waals surface area contributed by atoms with Gasteiger partial charge in [0.2, 0.25) is 0 Å². The average molecular weight is 310 g/mol. The molecule has 1 unspecified atom stereocenters. The number of nitrogens with zero attached hydrogens (tertiary/aromatic N) is 3. The summed E-state index contributed by atoms with van der Waals surface area (Å²) in [5.74, 6) is 0.812. The average Bonchev–Trinajstić information content (AvgIpc) is 2.55. The molecule has 1 heterocycles. The molecule has 1 aromatic carbocycles. The molecule has 0 radical (unpaired) electrons. The highest BCUT2D eigenvalue weighted by atomic mass is 16.6. The van der Waals surface area contributed by atoms with Crippen LogP contribution in [-0.4, -0.2) is 9.91 Å². The number of hydrogen-bond donors (Lipinski definition) is 1. The normalized spacial score (nSPS) is 11.8. The number of hydrogen-bond acceptors (Lipinski definition) is 5. The molecule has 0 saturated carbocycles. The summed E-state index contributed by atoms with van der Waals surface area (Å²) < 4.78 is 0. The van der Waals surface area contributed by atoms with Gasteiger partial charge in [-0.3, -0.25) is 10.1 Å². The van der Waals surface area contributed by atoms with E-state index in [1.165, 1.54) is 11.6 Å². The van der Waals surface area contributed by atoms with Crippen molar-refractivity contribution in [3.63, 3.8) is 0 Å². The Bertz CT molecular complexity index is 748. The van der Waals surface area contributed by atoms with E-state index in [0.29, 0.717) is 11.7 Å². The van der Waals surface area contributed by atoms with E-state index in [9.17, 15) is 10.1 Å². The summed E-state index contributed by atoms with van der Waals surface area (Å²) in [4.78, 5) is 14.2. The Morgan fingerprint density at radius 2 is 1.83 bits per heavy atom. The van der Waals surface area contributed by atoms with Gasteiger partial charge < -0.3 is 5.32 Å². The lowest BCUT2D eigenvalue weighted by atomic mass is 9.99. The van der Waals surface area contributed by atoms with Gasteiger partial charge in [-0.15, -0.1) is 0 Å². The van der Waals surface area contributed by atoms with Crippen molar-refractivity contribution in [2.24, 2.45) is 0 Å². The Labute approximate surface area is 134 Å². The molecule has 2 aromatic rings. The van der Waals surface area contributed by atoms with Crippen LogP contribution in [0.5, 0.6) is 0 Å². The summed E-state index contributed by atoms with van der Waals surface area (Å²) in [6, 6.07) is 11.3. The lowest BCUT2D eigenvalue weighted by Crippen LogP contribution is -2.09. The zero-order valence-electron chi connectivity index (χ0n) is 13.3.